The molecule has 3 heterocycles. The van der Waals surface area contributed by atoms with E-state index in [4.69, 9.17) is 0 Å². The van der Waals surface area contributed by atoms with E-state index >= 15 is 0 Å². The van der Waals surface area contributed by atoms with Crippen molar-refractivity contribution >= 4 is 17.3 Å². The van der Waals surface area contributed by atoms with E-state index in [1.54, 1.807) is 12.4 Å². The number of hydrogen-bond acceptors (Lipinski definition) is 4. The van der Waals surface area contributed by atoms with Gasteiger partial charge in [0.1, 0.15) is 5.82 Å². The zero-order valence-corrected chi connectivity index (χ0v) is 13.8. The van der Waals surface area contributed by atoms with Crippen molar-refractivity contribution in [2.24, 2.45) is 0 Å². The fourth-order valence-corrected chi connectivity index (χ4v) is 3.63. The number of rotatable bonds is 2. The molecule has 0 atom stereocenters. The summed E-state index contributed by atoms with van der Waals surface area (Å²) in [6, 6.07) is 10.0. The molecule has 5 heteroatoms. The highest BCUT2D eigenvalue weighted by Gasteiger charge is 2.59. The summed E-state index contributed by atoms with van der Waals surface area (Å²) in [7, 11) is 0. The maximum Gasteiger partial charge on any atom is 0.242 e. The lowest BCUT2D eigenvalue weighted by Crippen LogP contribution is -2.27. The maximum absolute atomic E-state index is 13.1. The van der Waals surface area contributed by atoms with Gasteiger partial charge in [0.25, 0.3) is 0 Å². The number of carbonyl (C=O) groups excluding carboxylic acids is 1. The number of aromatic nitrogens is 3. The molecule has 0 unspecified atom stereocenters. The molecule has 5 rings (SSSR count). The van der Waals surface area contributed by atoms with Crippen molar-refractivity contribution in [3.05, 3.63) is 66.5 Å². The van der Waals surface area contributed by atoms with E-state index in [0.717, 1.165) is 46.7 Å². The Hall–Kier alpha value is -3.08. The summed E-state index contributed by atoms with van der Waals surface area (Å²) >= 11 is 0. The second-order valence-corrected chi connectivity index (χ2v) is 6.68. The molecule has 0 radical (unpaired) electrons. The second-order valence-electron chi connectivity index (χ2n) is 6.68. The molecule has 0 saturated heterocycles. The van der Waals surface area contributed by atoms with E-state index in [-0.39, 0.29) is 11.3 Å². The number of hydrogen-bond donors (Lipinski definition) is 0. The van der Waals surface area contributed by atoms with Gasteiger partial charge in [0.05, 0.1) is 23.0 Å². The minimum atomic E-state index is -0.326. The Morgan fingerprint density at radius 3 is 2.52 bits per heavy atom. The quantitative estimate of drug-likeness (QED) is 0.722. The normalized spacial score (nSPS) is 17.0. The van der Waals surface area contributed by atoms with E-state index in [2.05, 4.69) is 33.2 Å². The van der Waals surface area contributed by atoms with Gasteiger partial charge in [-0.3, -0.25) is 14.7 Å². The van der Waals surface area contributed by atoms with Crippen molar-refractivity contribution in [3.63, 3.8) is 0 Å². The molecule has 1 aliphatic heterocycles. The SMILES string of the molecule is Cc1ncc(-c2ccc3c(c2)N(c2cccnc2)C(=O)C32CC2)cn1. The largest absolute Gasteiger partial charge is 0.278 e. The number of fused-ring (bicyclic) bond motifs is 2. The molecule has 1 spiro atoms. The molecule has 2 aromatic heterocycles. The highest BCUT2D eigenvalue weighted by atomic mass is 16.2. The Balaban J connectivity index is 1.67. The summed E-state index contributed by atoms with van der Waals surface area (Å²) in [4.78, 5) is 27.7. The Labute approximate surface area is 145 Å². The minimum Gasteiger partial charge on any atom is -0.278 e. The summed E-state index contributed by atoms with van der Waals surface area (Å²) in [6.07, 6.45) is 8.94. The molecular weight excluding hydrogens is 312 g/mol. The number of aryl methyl sites for hydroxylation is 1. The Morgan fingerprint density at radius 1 is 1.04 bits per heavy atom. The van der Waals surface area contributed by atoms with Crippen molar-refractivity contribution in [1.82, 2.24) is 15.0 Å². The molecule has 25 heavy (non-hydrogen) atoms. The van der Waals surface area contributed by atoms with Gasteiger partial charge < -0.3 is 0 Å². The number of anilines is 2. The standard InChI is InChI=1S/C20H16N4O/c1-13-22-10-15(11-23-13)14-4-5-17-18(9-14)24(16-3-2-8-21-12-16)19(25)20(17)6-7-20/h2-5,8-12H,6-7H2,1H3. The molecule has 1 aliphatic carbocycles. The van der Waals surface area contributed by atoms with Crippen molar-refractivity contribution in [2.75, 3.05) is 4.90 Å². The van der Waals surface area contributed by atoms with Crippen LogP contribution >= 0.6 is 0 Å². The molecule has 0 bridgehead atoms. The fourth-order valence-electron chi connectivity index (χ4n) is 3.63. The highest BCUT2D eigenvalue weighted by molar-refractivity contribution is 6.15. The second kappa shape index (κ2) is 4.96. The summed E-state index contributed by atoms with van der Waals surface area (Å²) in [5.41, 5.74) is 4.52. The Morgan fingerprint density at radius 2 is 1.84 bits per heavy atom. The van der Waals surface area contributed by atoms with Crippen LogP contribution in [-0.2, 0) is 10.2 Å². The molecular formula is C20H16N4O. The molecule has 5 nitrogen and oxygen atoms in total. The molecule has 1 saturated carbocycles. The van der Waals surface area contributed by atoms with Crippen LogP contribution in [0.3, 0.4) is 0 Å². The number of benzene rings is 1. The van der Waals surface area contributed by atoms with E-state index in [1.165, 1.54) is 0 Å². The van der Waals surface area contributed by atoms with Crippen LogP contribution in [0.25, 0.3) is 11.1 Å². The molecule has 3 aromatic rings. The zero-order chi connectivity index (χ0) is 17.0. The molecule has 2 aliphatic rings. The van der Waals surface area contributed by atoms with Crippen molar-refractivity contribution in [1.29, 1.82) is 0 Å². The summed E-state index contributed by atoms with van der Waals surface area (Å²) < 4.78 is 0. The predicted molar refractivity (Wildman–Crippen MR) is 94.5 cm³/mol. The van der Waals surface area contributed by atoms with E-state index in [0.29, 0.717) is 0 Å². The smallest absolute Gasteiger partial charge is 0.242 e. The van der Waals surface area contributed by atoms with E-state index in [1.807, 2.05) is 36.4 Å². The van der Waals surface area contributed by atoms with Gasteiger partial charge in [0, 0.05) is 24.2 Å². The predicted octanol–water partition coefficient (Wildman–Crippen LogP) is 3.56. The first-order valence-electron chi connectivity index (χ1n) is 8.37. The average Bonchev–Trinajstić information content (AvgIpc) is 3.41. The monoisotopic (exact) mass is 328 g/mol. The van der Waals surface area contributed by atoms with Gasteiger partial charge in [-0.15, -0.1) is 0 Å². The first-order valence-corrected chi connectivity index (χ1v) is 8.37. The summed E-state index contributed by atoms with van der Waals surface area (Å²) in [5, 5.41) is 0. The Kier molecular flexibility index (Phi) is 2.83. The zero-order valence-electron chi connectivity index (χ0n) is 13.8. The highest BCUT2D eigenvalue weighted by Crippen LogP contribution is 2.59. The Bertz CT molecular complexity index is 978. The fraction of sp³-hybridized carbons (Fsp3) is 0.200. The third-order valence-corrected chi connectivity index (χ3v) is 5.14. The lowest BCUT2D eigenvalue weighted by Gasteiger charge is -2.18. The van der Waals surface area contributed by atoms with Gasteiger partial charge in [-0.05, 0) is 49.1 Å². The molecule has 0 N–H and O–H groups in total. The van der Waals surface area contributed by atoms with Crippen LogP contribution in [0.4, 0.5) is 11.4 Å². The number of nitrogens with zero attached hydrogens (tertiary/aromatic N) is 4. The van der Waals surface area contributed by atoms with Crippen LogP contribution in [0, 0.1) is 6.92 Å². The lowest BCUT2D eigenvalue weighted by molar-refractivity contribution is -0.119. The third kappa shape index (κ3) is 2.02. The number of pyridine rings is 1. The van der Waals surface area contributed by atoms with Crippen LogP contribution in [0.1, 0.15) is 24.2 Å². The number of carbonyl (C=O) groups is 1. The van der Waals surface area contributed by atoms with E-state index in [9.17, 15) is 4.79 Å². The number of amides is 1. The van der Waals surface area contributed by atoms with Crippen LogP contribution in [0.2, 0.25) is 0 Å². The molecule has 1 amide bonds. The summed E-state index contributed by atoms with van der Waals surface area (Å²) in [6.45, 7) is 1.87. The first-order chi connectivity index (χ1) is 12.2. The van der Waals surface area contributed by atoms with Crippen LogP contribution in [0.15, 0.2) is 55.1 Å². The van der Waals surface area contributed by atoms with Gasteiger partial charge in [-0.25, -0.2) is 9.97 Å². The van der Waals surface area contributed by atoms with E-state index < -0.39 is 0 Å². The van der Waals surface area contributed by atoms with Crippen molar-refractivity contribution in [3.8, 4) is 11.1 Å². The van der Waals surface area contributed by atoms with Gasteiger partial charge in [-0.2, -0.15) is 0 Å². The summed E-state index contributed by atoms with van der Waals surface area (Å²) in [5.74, 6) is 0.904. The molecule has 1 aromatic carbocycles. The molecule has 1 fully saturated rings. The van der Waals surface area contributed by atoms with Gasteiger partial charge >= 0.3 is 0 Å². The third-order valence-electron chi connectivity index (χ3n) is 5.14. The van der Waals surface area contributed by atoms with Gasteiger partial charge in [-0.1, -0.05) is 12.1 Å². The maximum atomic E-state index is 13.1. The first kappa shape index (κ1) is 14.3. The van der Waals surface area contributed by atoms with Crippen molar-refractivity contribution < 1.29 is 4.79 Å². The van der Waals surface area contributed by atoms with Crippen LogP contribution in [-0.4, -0.2) is 20.9 Å². The average molecular weight is 328 g/mol. The van der Waals surface area contributed by atoms with Crippen LogP contribution in [0.5, 0.6) is 0 Å². The molecule has 122 valence electrons. The van der Waals surface area contributed by atoms with Crippen molar-refractivity contribution in [2.45, 2.75) is 25.2 Å². The topological polar surface area (TPSA) is 59.0 Å². The lowest BCUT2D eigenvalue weighted by atomic mass is 9.96. The van der Waals surface area contributed by atoms with Crippen LogP contribution < -0.4 is 4.90 Å². The van der Waals surface area contributed by atoms with Gasteiger partial charge in [0.15, 0.2) is 0 Å². The van der Waals surface area contributed by atoms with Gasteiger partial charge in [0.2, 0.25) is 5.91 Å². The minimum absolute atomic E-state index is 0.160.